The summed E-state index contributed by atoms with van der Waals surface area (Å²) >= 11 is 0. The molecule has 3 saturated heterocycles. The second-order valence-electron chi connectivity index (χ2n) is 9.64. The molecule has 0 radical (unpaired) electrons. The minimum Gasteiger partial charge on any atom is -0.444 e. The highest BCUT2D eigenvalue weighted by atomic mass is 32.2. The predicted molar refractivity (Wildman–Crippen MR) is 115 cm³/mol. The molecule has 0 spiro atoms. The van der Waals surface area contributed by atoms with Crippen molar-refractivity contribution in [2.75, 3.05) is 45.8 Å². The zero-order valence-electron chi connectivity index (χ0n) is 19.2. The van der Waals surface area contributed by atoms with Crippen LogP contribution in [0, 0.1) is 0 Å². The Hall–Kier alpha value is -1.43. The van der Waals surface area contributed by atoms with Gasteiger partial charge < -0.3 is 14.4 Å². The van der Waals surface area contributed by atoms with E-state index in [-0.39, 0.29) is 31.2 Å². The minimum absolute atomic E-state index is 0.131. The largest absolute Gasteiger partial charge is 0.444 e. The van der Waals surface area contributed by atoms with Gasteiger partial charge >= 0.3 is 6.09 Å². The van der Waals surface area contributed by atoms with Gasteiger partial charge in [-0.15, -0.1) is 0 Å². The van der Waals surface area contributed by atoms with Crippen molar-refractivity contribution in [1.29, 1.82) is 0 Å². The maximum atomic E-state index is 13.1. The van der Waals surface area contributed by atoms with E-state index in [0.717, 1.165) is 6.42 Å². The van der Waals surface area contributed by atoms with Crippen LogP contribution in [-0.4, -0.2) is 108 Å². The highest BCUT2D eigenvalue weighted by Crippen LogP contribution is 2.24. The molecule has 0 aromatic rings. The third-order valence-electron chi connectivity index (χ3n) is 5.75. The molecular weight excluding hydrogens is 424 g/mol. The molecule has 178 valence electrons. The highest BCUT2D eigenvalue weighted by Gasteiger charge is 2.41. The third-order valence-corrected chi connectivity index (χ3v) is 7.72. The third kappa shape index (κ3) is 5.68. The lowest BCUT2D eigenvalue weighted by molar-refractivity contribution is -0.137. The lowest BCUT2D eigenvalue weighted by Crippen LogP contribution is -2.59. The number of carbonyl (C=O) groups excluding carboxylic acids is 2. The molecule has 0 aromatic heterocycles. The van der Waals surface area contributed by atoms with Crippen LogP contribution >= 0.6 is 0 Å². The van der Waals surface area contributed by atoms with Crippen molar-refractivity contribution < 1.29 is 27.5 Å². The molecule has 0 saturated carbocycles. The van der Waals surface area contributed by atoms with Crippen molar-refractivity contribution in [1.82, 2.24) is 18.4 Å². The number of morpholine rings is 1. The van der Waals surface area contributed by atoms with Gasteiger partial charge in [-0.25, -0.2) is 4.79 Å². The number of piperazine rings is 1. The fourth-order valence-electron chi connectivity index (χ4n) is 4.39. The molecule has 3 heterocycles. The molecule has 10 nitrogen and oxygen atoms in total. The summed E-state index contributed by atoms with van der Waals surface area (Å²) in [5.41, 5.74) is -0.623. The fourth-order valence-corrected chi connectivity index (χ4v) is 6.14. The van der Waals surface area contributed by atoms with Gasteiger partial charge in [0.15, 0.2) is 0 Å². The first-order chi connectivity index (χ1) is 14.4. The number of rotatable bonds is 3. The van der Waals surface area contributed by atoms with Crippen molar-refractivity contribution in [2.45, 2.75) is 71.3 Å². The predicted octanol–water partition coefficient (Wildman–Crippen LogP) is 0.884. The van der Waals surface area contributed by atoms with Gasteiger partial charge in [-0.05, 0) is 47.5 Å². The van der Waals surface area contributed by atoms with E-state index in [4.69, 9.17) is 9.47 Å². The summed E-state index contributed by atoms with van der Waals surface area (Å²) in [6, 6.07) is -0.543. The Morgan fingerprint density at radius 1 is 0.935 bits per heavy atom. The summed E-state index contributed by atoms with van der Waals surface area (Å²) in [7, 11) is -3.60. The van der Waals surface area contributed by atoms with E-state index >= 15 is 0 Å². The van der Waals surface area contributed by atoms with Crippen molar-refractivity contribution in [2.24, 2.45) is 0 Å². The molecule has 11 heteroatoms. The van der Waals surface area contributed by atoms with Gasteiger partial charge in [-0.3, -0.25) is 9.69 Å². The summed E-state index contributed by atoms with van der Waals surface area (Å²) < 4.78 is 40.1. The molecule has 0 aromatic carbocycles. The van der Waals surface area contributed by atoms with Crippen molar-refractivity contribution >= 4 is 22.2 Å². The first kappa shape index (κ1) is 24.2. The monoisotopic (exact) mass is 460 g/mol. The van der Waals surface area contributed by atoms with E-state index in [1.807, 2.05) is 13.8 Å². The van der Waals surface area contributed by atoms with Crippen LogP contribution in [0.5, 0.6) is 0 Å². The Bertz CT molecular complexity index is 765. The first-order valence-corrected chi connectivity index (χ1v) is 12.5. The number of carbonyl (C=O) groups is 2. The molecule has 0 aliphatic carbocycles. The van der Waals surface area contributed by atoms with Gasteiger partial charge in [0.25, 0.3) is 10.2 Å². The number of hydrogen-bond acceptors (Lipinski definition) is 6. The van der Waals surface area contributed by atoms with E-state index in [2.05, 4.69) is 0 Å². The number of likely N-dealkylation sites (tertiary alicyclic amines) is 1. The smallest absolute Gasteiger partial charge is 0.410 e. The second kappa shape index (κ2) is 9.21. The Kier molecular flexibility index (Phi) is 7.19. The van der Waals surface area contributed by atoms with Crippen LogP contribution in [0.15, 0.2) is 0 Å². The zero-order valence-corrected chi connectivity index (χ0v) is 20.1. The van der Waals surface area contributed by atoms with E-state index < -0.39 is 27.9 Å². The van der Waals surface area contributed by atoms with Gasteiger partial charge in [0.2, 0.25) is 5.91 Å². The van der Waals surface area contributed by atoms with Crippen LogP contribution in [-0.2, 0) is 24.5 Å². The molecule has 3 fully saturated rings. The second-order valence-corrected chi connectivity index (χ2v) is 11.6. The van der Waals surface area contributed by atoms with Crippen molar-refractivity contribution in [3.05, 3.63) is 0 Å². The van der Waals surface area contributed by atoms with E-state index in [1.165, 1.54) is 13.5 Å². The molecule has 3 aliphatic heterocycles. The summed E-state index contributed by atoms with van der Waals surface area (Å²) in [4.78, 5) is 28.8. The molecule has 0 bridgehead atoms. The summed E-state index contributed by atoms with van der Waals surface area (Å²) in [5, 5.41) is 0. The van der Waals surface area contributed by atoms with Gasteiger partial charge in [-0.2, -0.15) is 17.0 Å². The van der Waals surface area contributed by atoms with E-state index in [1.54, 1.807) is 25.7 Å². The minimum atomic E-state index is -3.60. The van der Waals surface area contributed by atoms with E-state index in [0.29, 0.717) is 39.1 Å². The Balaban J connectivity index is 1.58. The standard InChI is InChI=1S/C20H36N4O6S/c1-15-13-23(14-16(2)29-15)31(27,28)22-11-9-21(10-12-22)18(25)17-7-6-8-24(17)19(26)30-20(3,4)5/h15-17H,6-14H2,1-5H3/t15?,16?,17-/m0/s1. The summed E-state index contributed by atoms with van der Waals surface area (Å²) in [5.74, 6) is -0.131. The average Bonchev–Trinajstić information content (AvgIpc) is 3.15. The lowest BCUT2D eigenvalue weighted by atomic mass is 10.1. The number of hydrogen-bond donors (Lipinski definition) is 0. The average molecular weight is 461 g/mol. The fraction of sp³-hybridized carbons (Fsp3) is 0.900. The van der Waals surface area contributed by atoms with Crippen LogP contribution in [0.3, 0.4) is 0 Å². The topological polar surface area (TPSA) is 99.7 Å². The molecule has 2 unspecified atom stereocenters. The Morgan fingerprint density at radius 2 is 1.52 bits per heavy atom. The van der Waals surface area contributed by atoms with Gasteiger partial charge in [-0.1, -0.05) is 0 Å². The number of amides is 2. The van der Waals surface area contributed by atoms with Gasteiger partial charge in [0.05, 0.1) is 12.2 Å². The quantitative estimate of drug-likeness (QED) is 0.620. The van der Waals surface area contributed by atoms with Crippen LogP contribution < -0.4 is 0 Å². The maximum Gasteiger partial charge on any atom is 0.410 e. The SMILES string of the molecule is CC1CN(S(=O)(=O)N2CCN(C(=O)[C@@H]3CCCN3C(=O)OC(C)(C)C)CC2)CC(C)O1. The van der Waals surface area contributed by atoms with Crippen LogP contribution in [0.25, 0.3) is 0 Å². The van der Waals surface area contributed by atoms with Crippen molar-refractivity contribution in [3.63, 3.8) is 0 Å². The Morgan fingerprint density at radius 3 is 2.06 bits per heavy atom. The zero-order chi connectivity index (χ0) is 23.0. The Labute approximate surface area is 185 Å². The molecule has 3 atom stereocenters. The van der Waals surface area contributed by atoms with Gasteiger partial charge in [0.1, 0.15) is 11.6 Å². The molecule has 2 amide bonds. The van der Waals surface area contributed by atoms with Crippen LogP contribution in [0.4, 0.5) is 4.79 Å². The van der Waals surface area contributed by atoms with Crippen LogP contribution in [0.1, 0.15) is 47.5 Å². The summed E-state index contributed by atoms with van der Waals surface area (Å²) in [6.07, 6.45) is 0.572. The molecule has 0 N–H and O–H groups in total. The molecule has 3 aliphatic rings. The summed E-state index contributed by atoms with van der Waals surface area (Å²) in [6.45, 7) is 11.4. The van der Waals surface area contributed by atoms with Gasteiger partial charge in [0, 0.05) is 45.8 Å². The number of ether oxygens (including phenoxy) is 2. The van der Waals surface area contributed by atoms with Crippen LogP contribution in [0.2, 0.25) is 0 Å². The molecule has 31 heavy (non-hydrogen) atoms. The normalized spacial score (nSPS) is 29.3. The lowest BCUT2D eigenvalue weighted by Gasteiger charge is -2.41. The first-order valence-electron chi connectivity index (χ1n) is 11.1. The van der Waals surface area contributed by atoms with Crippen molar-refractivity contribution in [3.8, 4) is 0 Å². The molecular formula is C20H36N4O6S. The number of nitrogens with zero attached hydrogens (tertiary/aromatic N) is 4. The highest BCUT2D eigenvalue weighted by molar-refractivity contribution is 7.86. The van der Waals surface area contributed by atoms with E-state index in [9.17, 15) is 18.0 Å². The molecule has 3 rings (SSSR count). The maximum absolute atomic E-state index is 13.1.